The Morgan fingerprint density at radius 3 is 2.60 bits per heavy atom. The molecule has 0 spiro atoms. The van der Waals surface area contributed by atoms with Crippen LogP contribution in [0.4, 0.5) is 0 Å². The lowest BCUT2D eigenvalue weighted by molar-refractivity contribution is 0.0697. The summed E-state index contributed by atoms with van der Waals surface area (Å²) in [5.41, 5.74) is -0.0809. The third-order valence-corrected chi connectivity index (χ3v) is 5.82. The van der Waals surface area contributed by atoms with Crippen LogP contribution >= 0.6 is 38.6 Å². The molecule has 0 bridgehead atoms. The van der Waals surface area contributed by atoms with Crippen molar-refractivity contribution in [3.63, 3.8) is 0 Å². The van der Waals surface area contributed by atoms with Gasteiger partial charge in [-0.25, -0.2) is 4.79 Å². The number of thiophene rings is 2. The van der Waals surface area contributed by atoms with E-state index in [1.165, 1.54) is 11.3 Å². The maximum absolute atomic E-state index is 11.3. The number of ether oxygens (including phenoxy) is 1. The van der Waals surface area contributed by atoms with Gasteiger partial charge in [-0.3, -0.25) is 0 Å². The summed E-state index contributed by atoms with van der Waals surface area (Å²) in [6.45, 7) is 6.57. The first-order chi connectivity index (χ1) is 9.27. The zero-order valence-electron chi connectivity index (χ0n) is 11.4. The molecule has 2 heterocycles. The summed E-state index contributed by atoms with van der Waals surface area (Å²) in [5, 5.41) is 11.2. The number of rotatable bonds is 4. The highest BCUT2D eigenvalue weighted by atomic mass is 79.9. The Bertz CT molecular complexity index is 623. The SMILES string of the molecule is CC(C)(C)c1cc(OCc2cc(Br)cs2)c(C(=O)O)s1. The second-order valence-corrected chi connectivity index (χ2v) is 8.34. The molecule has 20 heavy (non-hydrogen) atoms. The van der Waals surface area contributed by atoms with Crippen LogP contribution in [0, 0.1) is 0 Å². The molecule has 108 valence electrons. The van der Waals surface area contributed by atoms with Gasteiger partial charge in [0.05, 0.1) is 0 Å². The van der Waals surface area contributed by atoms with Gasteiger partial charge in [-0.2, -0.15) is 0 Å². The Hall–Kier alpha value is -0.850. The molecule has 2 aromatic heterocycles. The van der Waals surface area contributed by atoms with Crippen molar-refractivity contribution >= 4 is 44.6 Å². The number of carbonyl (C=O) groups is 1. The van der Waals surface area contributed by atoms with Crippen molar-refractivity contribution < 1.29 is 14.6 Å². The van der Waals surface area contributed by atoms with Crippen LogP contribution in [-0.4, -0.2) is 11.1 Å². The molecular weight excluding hydrogens is 360 g/mol. The first kappa shape index (κ1) is 15.5. The van der Waals surface area contributed by atoms with E-state index in [9.17, 15) is 9.90 Å². The average Bonchev–Trinajstić information content (AvgIpc) is 2.91. The highest BCUT2D eigenvalue weighted by Crippen LogP contribution is 2.37. The second-order valence-electron chi connectivity index (χ2n) is 5.38. The van der Waals surface area contributed by atoms with Crippen LogP contribution in [0.25, 0.3) is 0 Å². The van der Waals surface area contributed by atoms with Gasteiger partial charge in [0.2, 0.25) is 0 Å². The molecule has 0 saturated heterocycles. The highest BCUT2D eigenvalue weighted by molar-refractivity contribution is 9.10. The maximum atomic E-state index is 11.3. The number of aromatic carboxylic acids is 1. The summed E-state index contributed by atoms with van der Waals surface area (Å²) in [6, 6.07) is 3.82. The van der Waals surface area contributed by atoms with Crippen molar-refractivity contribution in [3.05, 3.63) is 36.6 Å². The molecule has 0 aromatic carbocycles. The van der Waals surface area contributed by atoms with Gasteiger partial charge in [0.1, 0.15) is 12.4 Å². The van der Waals surface area contributed by atoms with Gasteiger partial charge in [-0.15, -0.1) is 22.7 Å². The van der Waals surface area contributed by atoms with Gasteiger partial charge in [-0.05, 0) is 33.5 Å². The molecule has 0 radical (unpaired) electrons. The lowest BCUT2D eigenvalue weighted by Gasteiger charge is -2.14. The van der Waals surface area contributed by atoms with Gasteiger partial charge in [-0.1, -0.05) is 20.8 Å². The van der Waals surface area contributed by atoms with Crippen molar-refractivity contribution in [1.29, 1.82) is 0 Å². The Morgan fingerprint density at radius 2 is 2.10 bits per heavy atom. The van der Waals surface area contributed by atoms with Crippen LogP contribution in [0.5, 0.6) is 5.75 Å². The molecule has 0 aliphatic carbocycles. The van der Waals surface area contributed by atoms with E-state index in [1.54, 1.807) is 11.3 Å². The molecule has 6 heteroatoms. The van der Waals surface area contributed by atoms with Crippen LogP contribution in [-0.2, 0) is 12.0 Å². The van der Waals surface area contributed by atoms with Gasteiger partial charge >= 0.3 is 5.97 Å². The fraction of sp³-hybridized carbons (Fsp3) is 0.357. The van der Waals surface area contributed by atoms with Crippen LogP contribution in [0.3, 0.4) is 0 Å². The second kappa shape index (κ2) is 5.87. The zero-order valence-corrected chi connectivity index (χ0v) is 14.6. The minimum atomic E-state index is -0.937. The number of hydrogen-bond acceptors (Lipinski definition) is 4. The highest BCUT2D eigenvalue weighted by Gasteiger charge is 2.23. The number of hydrogen-bond donors (Lipinski definition) is 1. The smallest absolute Gasteiger partial charge is 0.349 e. The maximum Gasteiger partial charge on any atom is 0.349 e. The third-order valence-electron chi connectivity index (χ3n) is 2.62. The molecule has 1 N–H and O–H groups in total. The standard InChI is InChI=1S/C14H15BrO3S2/c1-14(2,3)11-5-10(12(20-11)13(16)17)18-6-9-4-8(15)7-19-9/h4-5,7H,6H2,1-3H3,(H,16,17). The largest absolute Gasteiger partial charge is 0.486 e. The van der Waals surface area contributed by atoms with Gasteiger partial charge in [0.15, 0.2) is 4.88 Å². The zero-order chi connectivity index (χ0) is 14.9. The Morgan fingerprint density at radius 1 is 1.40 bits per heavy atom. The number of halogens is 1. The summed E-state index contributed by atoms with van der Waals surface area (Å²) in [5.74, 6) is -0.482. The van der Waals surface area contributed by atoms with E-state index in [0.29, 0.717) is 12.4 Å². The van der Waals surface area contributed by atoms with E-state index in [1.807, 2.05) is 17.5 Å². The summed E-state index contributed by atoms with van der Waals surface area (Å²) in [7, 11) is 0. The summed E-state index contributed by atoms with van der Waals surface area (Å²) >= 11 is 6.25. The van der Waals surface area contributed by atoms with Gasteiger partial charge < -0.3 is 9.84 Å². The molecule has 0 aliphatic rings. The lowest BCUT2D eigenvalue weighted by Crippen LogP contribution is -2.08. The van der Waals surface area contributed by atoms with Crippen molar-refractivity contribution in [2.24, 2.45) is 0 Å². The lowest BCUT2D eigenvalue weighted by atomic mass is 9.95. The minimum absolute atomic E-state index is 0.0809. The Balaban J connectivity index is 2.21. The molecular formula is C14H15BrO3S2. The first-order valence-electron chi connectivity index (χ1n) is 6.00. The number of carboxylic acid groups (broad SMARTS) is 1. The van der Waals surface area contributed by atoms with Crippen molar-refractivity contribution in [3.8, 4) is 5.75 Å². The van der Waals surface area contributed by atoms with Crippen molar-refractivity contribution in [1.82, 2.24) is 0 Å². The first-order valence-corrected chi connectivity index (χ1v) is 8.49. The molecule has 0 amide bonds. The van der Waals surface area contributed by atoms with Crippen LogP contribution < -0.4 is 4.74 Å². The average molecular weight is 375 g/mol. The Kier molecular flexibility index (Phi) is 4.56. The molecule has 2 rings (SSSR count). The Labute approximate surface area is 134 Å². The molecule has 0 fully saturated rings. The predicted octanol–water partition coefficient (Wildman–Crippen LogP) is 5.15. The summed E-state index contributed by atoms with van der Waals surface area (Å²) < 4.78 is 6.71. The van der Waals surface area contributed by atoms with E-state index >= 15 is 0 Å². The van der Waals surface area contributed by atoms with Crippen LogP contribution in [0.2, 0.25) is 0 Å². The molecule has 2 aromatic rings. The van der Waals surface area contributed by atoms with Crippen molar-refractivity contribution in [2.75, 3.05) is 0 Å². The molecule has 3 nitrogen and oxygen atoms in total. The van der Waals surface area contributed by atoms with E-state index in [0.717, 1.165) is 14.2 Å². The topological polar surface area (TPSA) is 46.5 Å². The molecule has 0 aliphatic heterocycles. The molecule has 0 atom stereocenters. The van der Waals surface area contributed by atoms with E-state index in [-0.39, 0.29) is 10.3 Å². The van der Waals surface area contributed by atoms with Crippen LogP contribution in [0.1, 0.15) is 40.2 Å². The number of carboxylic acids is 1. The van der Waals surface area contributed by atoms with Crippen LogP contribution in [0.15, 0.2) is 22.0 Å². The third kappa shape index (κ3) is 3.62. The minimum Gasteiger partial charge on any atom is -0.486 e. The fourth-order valence-electron chi connectivity index (χ4n) is 1.58. The summed E-state index contributed by atoms with van der Waals surface area (Å²) in [6.07, 6.45) is 0. The van der Waals surface area contributed by atoms with E-state index in [4.69, 9.17) is 4.74 Å². The van der Waals surface area contributed by atoms with Crippen molar-refractivity contribution in [2.45, 2.75) is 32.8 Å². The van der Waals surface area contributed by atoms with E-state index < -0.39 is 5.97 Å². The summed E-state index contributed by atoms with van der Waals surface area (Å²) in [4.78, 5) is 13.6. The predicted molar refractivity (Wildman–Crippen MR) is 86.3 cm³/mol. The fourth-order valence-corrected chi connectivity index (χ4v) is 3.94. The normalized spacial score (nSPS) is 11.6. The molecule has 0 saturated carbocycles. The monoisotopic (exact) mass is 374 g/mol. The van der Waals surface area contributed by atoms with E-state index in [2.05, 4.69) is 36.7 Å². The van der Waals surface area contributed by atoms with Gasteiger partial charge in [0, 0.05) is 19.6 Å². The molecule has 0 unspecified atom stereocenters. The quantitative estimate of drug-likeness (QED) is 0.804. The van der Waals surface area contributed by atoms with Gasteiger partial charge in [0.25, 0.3) is 0 Å².